The van der Waals surface area contributed by atoms with Gasteiger partial charge in [-0.2, -0.15) is 4.31 Å². The predicted molar refractivity (Wildman–Crippen MR) is 132 cm³/mol. The lowest BCUT2D eigenvalue weighted by molar-refractivity contribution is -0.139. The molecule has 1 aromatic rings. The van der Waals surface area contributed by atoms with Gasteiger partial charge in [-0.05, 0) is 56.6 Å². The summed E-state index contributed by atoms with van der Waals surface area (Å²) in [6.45, 7) is 8.60. The molecule has 2 amide bonds. The number of hydrogen-bond donors (Lipinski definition) is 0. The number of amides is 2. The third kappa shape index (κ3) is 5.33. The molecule has 2 saturated heterocycles. The van der Waals surface area contributed by atoms with Crippen LogP contribution in [0.2, 0.25) is 0 Å². The quantitative estimate of drug-likeness (QED) is 0.636. The molecule has 8 heteroatoms. The van der Waals surface area contributed by atoms with E-state index in [1.807, 2.05) is 37.8 Å². The Kier molecular flexibility index (Phi) is 7.67. The van der Waals surface area contributed by atoms with Gasteiger partial charge in [-0.1, -0.05) is 37.0 Å². The molecule has 0 unspecified atom stereocenters. The van der Waals surface area contributed by atoms with Crippen LogP contribution < -0.4 is 0 Å². The molecule has 3 aliphatic rings. The van der Waals surface area contributed by atoms with Crippen LogP contribution in [0.4, 0.5) is 0 Å². The molecule has 1 saturated carbocycles. The van der Waals surface area contributed by atoms with Crippen LogP contribution in [0.15, 0.2) is 17.0 Å². The van der Waals surface area contributed by atoms with E-state index in [4.69, 9.17) is 0 Å². The van der Waals surface area contributed by atoms with Crippen LogP contribution in [-0.4, -0.2) is 73.6 Å². The smallest absolute Gasteiger partial charge is 0.243 e. The van der Waals surface area contributed by atoms with Crippen LogP contribution in [0.1, 0.15) is 61.6 Å². The first-order chi connectivity index (χ1) is 16.2. The van der Waals surface area contributed by atoms with Gasteiger partial charge in [0.15, 0.2) is 0 Å². The Morgan fingerprint density at radius 2 is 1.35 bits per heavy atom. The Labute approximate surface area is 204 Å². The molecule has 3 fully saturated rings. The highest BCUT2D eigenvalue weighted by atomic mass is 32.2. The first kappa shape index (κ1) is 25.2. The minimum Gasteiger partial charge on any atom is -0.342 e. The molecule has 2 atom stereocenters. The Bertz CT molecular complexity index is 1010. The van der Waals surface area contributed by atoms with Crippen molar-refractivity contribution in [3.63, 3.8) is 0 Å². The van der Waals surface area contributed by atoms with E-state index in [2.05, 4.69) is 0 Å². The maximum absolute atomic E-state index is 13.3. The van der Waals surface area contributed by atoms with Gasteiger partial charge in [0.05, 0.1) is 4.90 Å². The van der Waals surface area contributed by atoms with E-state index in [1.165, 1.54) is 30.0 Å². The Balaban J connectivity index is 1.27. The normalized spacial score (nSPS) is 24.1. The average Bonchev–Trinajstić information content (AvgIpc) is 2.81. The van der Waals surface area contributed by atoms with Gasteiger partial charge >= 0.3 is 0 Å². The van der Waals surface area contributed by atoms with Gasteiger partial charge in [-0.15, -0.1) is 0 Å². The van der Waals surface area contributed by atoms with Crippen molar-refractivity contribution in [2.75, 3.05) is 39.3 Å². The number of carbonyl (C=O) groups excluding carboxylic acids is 2. The van der Waals surface area contributed by atoms with Crippen molar-refractivity contribution in [3.8, 4) is 0 Å². The topological polar surface area (TPSA) is 78.0 Å². The Hall–Kier alpha value is -1.93. The largest absolute Gasteiger partial charge is 0.342 e. The lowest BCUT2D eigenvalue weighted by Gasteiger charge is -2.41. The molecular formula is C26H39N3O4S. The summed E-state index contributed by atoms with van der Waals surface area (Å²) in [4.78, 5) is 29.6. The standard InChI is InChI=1S/C26H39N3O4S/c1-19-16-20(2)26(21(3)17-19)34(32,33)29-14-12-27(13-15-29)24(30)8-9-25(31)28-11-10-22-6-4-5-7-23(22)18-28/h16-17,22-23H,4-15,18H2,1-3H3/t22-,23-/m1/s1. The summed E-state index contributed by atoms with van der Waals surface area (Å²) in [5.41, 5.74) is 2.56. The number of hydrogen-bond acceptors (Lipinski definition) is 4. The molecule has 4 rings (SSSR count). The molecule has 2 aliphatic heterocycles. The molecule has 0 spiro atoms. The van der Waals surface area contributed by atoms with Crippen molar-refractivity contribution in [2.24, 2.45) is 11.8 Å². The summed E-state index contributed by atoms with van der Waals surface area (Å²) in [6, 6.07) is 3.79. The highest BCUT2D eigenvalue weighted by Gasteiger charge is 2.34. The number of fused-ring (bicyclic) bond motifs is 1. The van der Waals surface area contributed by atoms with Crippen molar-refractivity contribution in [1.82, 2.24) is 14.1 Å². The number of nitrogens with zero attached hydrogens (tertiary/aromatic N) is 3. The van der Waals surface area contributed by atoms with Crippen LogP contribution in [0.25, 0.3) is 0 Å². The lowest BCUT2D eigenvalue weighted by atomic mass is 9.75. The molecule has 1 aromatic carbocycles. The third-order valence-corrected chi connectivity index (χ3v) is 10.2. The van der Waals surface area contributed by atoms with Gasteiger partial charge < -0.3 is 9.80 Å². The fourth-order valence-corrected chi connectivity index (χ4v) is 8.07. The summed E-state index contributed by atoms with van der Waals surface area (Å²) in [6.07, 6.45) is 6.66. The molecule has 2 heterocycles. The van der Waals surface area contributed by atoms with Crippen molar-refractivity contribution >= 4 is 21.8 Å². The van der Waals surface area contributed by atoms with E-state index in [-0.39, 0.29) is 37.7 Å². The second-order valence-corrected chi connectivity index (χ2v) is 12.3. The lowest BCUT2D eigenvalue weighted by Crippen LogP contribution is -2.51. The van der Waals surface area contributed by atoms with Crippen molar-refractivity contribution in [2.45, 2.75) is 70.6 Å². The maximum Gasteiger partial charge on any atom is 0.243 e. The van der Waals surface area contributed by atoms with Gasteiger partial charge in [0.1, 0.15) is 0 Å². The molecule has 1 aliphatic carbocycles. The van der Waals surface area contributed by atoms with Gasteiger partial charge in [-0.25, -0.2) is 8.42 Å². The monoisotopic (exact) mass is 489 g/mol. The molecule has 188 valence electrons. The fourth-order valence-electron chi connectivity index (χ4n) is 6.24. The van der Waals surface area contributed by atoms with Gasteiger partial charge in [0.25, 0.3) is 0 Å². The molecule has 0 aromatic heterocycles. The summed E-state index contributed by atoms with van der Waals surface area (Å²) in [7, 11) is -3.60. The average molecular weight is 490 g/mol. The van der Waals surface area contributed by atoms with Gasteiger partial charge in [-0.3, -0.25) is 9.59 Å². The van der Waals surface area contributed by atoms with E-state index in [1.54, 1.807) is 4.90 Å². The number of rotatable bonds is 5. The number of piperazine rings is 1. The number of benzene rings is 1. The highest BCUT2D eigenvalue weighted by Crippen LogP contribution is 2.36. The summed E-state index contributed by atoms with van der Waals surface area (Å²) in [5, 5.41) is 0. The second-order valence-electron chi connectivity index (χ2n) is 10.4. The summed E-state index contributed by atoms with van der Waals surface area (Å²) in [5.74, 6) is 1.45. The highest BCUT2D eigenvalue weighted by molar-refractivity contribution is 7.89. The first-order valence-electron chi connectivity index (χ1n) is 12.8. The number of aryl methyl sites for hydroxylation is 3. The molecule has 0 bridgehead atoms. The zero-order valence-electron chi connectivity index (χ0n) is 20.9. The van der Waals surface area contributed by atoms with Crippen LogP contribution in [-0.2, 0) is 19.6 Å². The maximum atomic E-state index is 13.3. The predicted octanol–water partition coefficient (Wildman–Crippen LogP) is 3.26. The molecule has 0 N–H and O–H groups in total. The number of piperidine rings is 1. The third-order valence-electron chi connectivity index (χ3n) is 7.99. The summed E-state index contributed by atoms with van der Waals surface area (Å²) >= 11 is 0. The van der Waals surface area contributed by atoms with Crippen LogP contribution in [0.5, 0.6) is 0 Å². The van der Waals surface area contributed by atoms with Crippen molar-refractivity contribution in [3.05, 3.63) is 28.8 Å². The minimum absolute atomic E-state index is 0.0550. The Morgan fingerprint density at radius 3 is 1.97 bits per heavy atom. The fraction of sp³-hybridized carbons (Fsp3) is 0.692. The van der Waals surface area contributed by atoms with Crippen LogP contribution in [0.3, 0.4) is 0 Å². The van der Waals surface area contributed by atoms with Crippen LogP contribution in [0, 0.1) is 32.6 Å². The minimum atomic E-state index is -3.60. The van der Waals surface area contributed by atoms with E-state index in [0.717, 1.165) is 42.1 Å². The molecular weight excluding hydrogens is 450 g/mol. The number of sulfonamides is 1. The van der Waals surface area contributed by atoms with Gasteiger partial charge in [0.2, 0.25) is 21.8 Å². The number of likely N-dealkylation sites (tertiary alicyclic amines) is 1. The molecule has 0 radical (unpaired) electrons. The summed E-state index contributed by atoms with van der Waals surface area (Å²) < 4.78 is 28.0. The van der Waals surface area contributed by atoms with E-state index >= 15 is 0 Å². The molecule has 7 nitrogen and oxygen atoms in total. The second kappa shape index (κ2) is 10.4. The Morgan fingerprint density at radius 1 is 0.794 bits per heavy atom. The van der Waals surface area contributed by atoms with Crippen LogP contribution >= 0.6 is 0 Å². The zero-order valence-corrected chi connectivity index (χ0v) is 21.7. The zero-order chi connectivity index (χ0) is 24.5. The van der Waals surface area contributed by atoms with E-state index in [0.29, 0.717) is 23.9 Å². The van der Waals surface area contributed by atoms with Crippen molar-refractivity contribution in [1.29, 1.82) is 0 Å². The first-order valence-corrected chi connectivity index (χ1v) is 14.2. The van der Waals surface area contributed by atoms with E-state index < -0.39 is 10.0 Å². The van der Waals surface area contributed by atoms with E-state index in [9.17, 15) is 18.0 Å². The number of carbonyl (C=O) groups is 2. The van der Waals surface area contributed by atoms with Gasteiger partial charge in [0, 0.05) is 52.1 Å². The SMILES string of the molecule is Cc1cc(C)c(S(=O)(=O)N2CCN(C(=O)CCC(=O)N3CC[C@H]4CCCC[C@@H]4C3)CC2)c(C)c1. The van der Waals surface area contributed by atoms with Crippen molar-refractivity contribution < 1.29 is 18.0 Å². The molecule has 34 heavy (non-hydrogen) atoms.